The summed E-state index contributed by atoms with van der Waals surface area (Å²) in [7, 11) is 0. The van der Waals surface area contributed by atoms with Crippen LogP contribution in [0.5, 0.6) is 0 Å². The minimum Gasteiger partial charge on any atom is -0.382 e. The number of nitrogens with two attached hydrogens (primary N) is 1. The normalized spacial score (nSPS) is 14.6. The standard InChI is InChI=1S/C17H18F3NO/c1-12(16(22)13-7-3-2-4-8-13)21-11-14-9-5-6-10-15(14)17(18,19)20/h2-10,12,16,21-22H,11H2,1H3/p+1/t12-,16-/m1/s1. The van der Waals surface area contributed by atoms with Crippen molar-refractivity contribution in [2.24, 2.45) is 0 Å². The zero-order valence-corrected chi connectivity index (χ0v) is 12.2. The van der Waals surface area contributed by atoms with Crippen LogP contribution in [0.3, 0.4) is 0 Å². The maximum Gasteiger partial charge on any atom is 0.416 e. The molecule has 118 valence electrons. The summed E-state index contributed by atoms with van der Waals surface area (Å²) in [5.41, 5.74) is 0.366. The molecule has 0 unspecified atom stereocenters. The Morgan fingerprint density at radius 2 is 1.59 bits per heavy atom. The zero-order valence-electron chi connectivity index (χ0n) is 12.2. The fourth-order valence-corrected chi connectivity index (χ4v) is 2.37. The molecule has 0 aromatic heterocycles. The summed E-state index contributed by atoms with van der Waals surface area (Å²) < 4.78 is 38.8. The maximum absolute atomic E-state index is 12.9. The largest absolute Gasteiger partial charge is 0.416 e. The van der Waals surface area contributed by atoms with Crippen LogP contribution in [0.4, 0.5) is 13.2 Å². The van der Waals surface area contributed by atoms with Gasteiger partial charge in [-0.3, -0.25) is 0 Å². The fourth-order valence-electron chi connectivity index (χ4n) is 2.37. The number of aliphatic hydroxyl groups is 1. The Hall–Kier alpha value is -1.85. The van der Waals surface area contributed by atoms with Gasteiger partial charge in [-0.15, -0.1) is 0 Å². The first kappa shape index (κ1) is 16.5. The number of benzene rings is 2. The summed E-state index contributed by atoms with van der Waals surface area (Å²) in [6, 6.07) is 14.4. The second kappa shape index (κ2) is 6.94. The highest BCUT2D eigenvalue weighted by atomic mass is 19.4. The summed E-state index contributed by atoms with van der Waals surface area (Å²) in [4.78, 5) is 0. The van der Waals surface area contributed by atoms with Gasteiger partial charge in [0.05, 0.1) is 5.56 Å². The van der Waals surface area contributed by atoms with Crippen molar-refractivity contribution in [3.05, 3.63) is 71.3 Å². The van der Waals surface area contributed by atoms with Crippen LogP contribution in [-0.2, 0) is 12.7 Å². The quantitative estimate of drug-likeness (QED) is 0.875. The molecule has 0 aliphatic rings. The van der Waals surface area contributed by atoms with Gasteiger partial charge in [0, 0.05) is 5.56 Å². The molecule has 0 saturated carbocycles. The topological polar surface area (TPSA) is 36.8 Å². The molecule has 22 heavy (non-hydrogen) atoms. The highest BCUT2D eigenvalue weighted by molar-refractivity contribution is 5.28. The molecule has 0 radical (unpaired) electrons. The van der Waals surface area contributed by atoms with Crippen LogP contribution >= 0.6 is 0 Å². The highest BCUT2D eigenvalue weighted by Crippen LogP contribution is 2.31. The lowest BCUT2D eigenvalue weighted by Gasteiger charge is -2.19. The molecule has 2 aromatic carbocycles. The molecule has 0 heterocycles. The summed E-state index contributed by atoms with van der Waals surface area (Å²) in [5, 5.41) is 12.0. The van der Waals surface area contributed by atoms with E-state index in [4.69, 9.17) is 0 Å². The maximum atomic E-state index is 12.9. The van der Waals surface area contributed by atoms with Gasteiger partial charge in [0.15, 0.2) is 0 Å². The summed E-state index contributed by atoms with van der Waals surface area (Å²) >= 11 is 0. The highest BCUT2D eigenvalue weighted by Gasteiger charge is 2.33. The van der Waals surface area contributed by atoms with E-state index in [1.165, 1.54) is 12.1 Å². The van der Waals surface area contributed by atoms with Crippen LogP contribution in [0, 0.1) is 0 Å². The third-order valence-corrected chi connectivity index (χ3v) is 3.67. The van der Waals surface area contributed by atoms with Gasteiger partial charge >= 0.3 is 6.18 Å². The molecule has 0 aliphatic heterocycles. The van der Waals surface area contributed by atoms with Crippen LogP contribution in [-0.4, -0.2) is 11.1 Å². The summed E-state index contributed by atoms with van der Waals surface area (Å²) in [6.07, 6.45) is -5.08. The third-order valence-electron chi connectivity index (χ3n) is 3.67. The lowest BCUT2D eigenvalue weighted by atomic mass is 10.0. The van der Waals surface area contributed by atoms with Gasteiger partial charge in [0.2, 0.25) is 0 Å². The number of quaternary nitrogens is 1. The molecule has 0 aliphatic carbocycles. The molecular weight excluding hydrogens is 291 g/mol. The number of aliphatic hydroxyl groups excluding tert-OH is 1. The summed E-state index contributed by atoms with van der Waals surface area (Å²) in [5.74, 6) is 0. The van der Waals surface area contributed by atoms with E-state index in [2.05, 4.69) is 0 Å². The van der Waals surface area contributed by atoms with E-state index in [0.29, 0.717) is 0 Å². The van der Waals surface area contributed by atoms with E-state index in [-0.39, 0.29) is 18.2 Å². The molecule has 0 saturated heterocycles. The van der Waals surface area contributed by atoms with Gasteiger partial charge in [-0.2, -0.15) is 13.2 Å². The SMILES string of the molecule is C[C@@H]([NH2+]Cc1ccccc1C(F)(F)F)[C@@H](O)c1ccccc1. The van der Waals surface area contributed by atoms with Crippen LogP contribution in [0.25, 0.3) is 0 Å². The first-order valence-electron chi connectivity index (χ1n) is 7.11. The van der Waals surface area contributed by atoms with Crippen LogP contribution < -0.4 is 5.32 Å². The lowest BCUT2D eigenvalue weighted by Crippen LogP contribution is -2.89. The predicted molar refractivity (Wildman–Crippen MR) is 77.9 cm³/mol. The van der Waals surface area contributed by atoms with Crippen molar-refractivity contribution in [3.63, 3.8) is 0 Å². The van der Waals surface area contributed by atoms with E-state index in [1.54, 1.807) is 30.4 Å². The molecule has 2 aromatic rings. The van der Waals surface area contributed by atoms with E-state index in [0.717, 1.165) is 11.6 Å². The van der Waals surface area contributed by atoms with E-state index >= 15 is 0 Å². The van der Waals surface area contributed by atoms with Crippen molar-refractivity contribution in [2.45, 2.75) is 31.8 Å². The van der Waals surface area contributed by atoms with E-state index in [9.17, 15) is 18.3 Å². The molecule has 2 nitrogen and oxygen atoms in total. The predicted octanol–water partition coefficient (Wildman–Crippen LogP) is 2.89. The number of halogens is 3. The Morgan fingerprint density at radius 1 is 1.00 bits per heavy atom. The van der Waals surface area contributed by atoms with Crippen molar-refractivity contribution in [3.8, 4) is 0 Å². The Kier molecular flexibility index (Phi) is 5.21. The van der Waals surface area contributed by atoms with Gasteiger partial charge < -0.3 is 10.4 Å². The molecule has 3 N–H and O–H groups in total. The van der Waals surface area contributed by atoms with Crippen molar-refractivity contribution in [1.29, 1.82) is 0 Å². The number of hydrogen-bond donors (Lipinski definition) is 2. The Balaban J connectivity index is 2.04. The van der Waals surface area contributed by atoms with Gasteiger partial charge in [0.25, 0.3) is 0 Å². The fraction of sp³-hybridized carbons (Fsp3) is 0.294. The summed E-state index contributed by atoms with van der Waals surface area (Å²) in [6.45, 7) is 1.97. The average molecular weight is 310 g/mol. The zero-order chi connectivity index (χ0) is 16.2. The van der Waals surface area contributed by atoms with E-state index < -0.39 is 17.8 Å². The number of rotatable bonds is 5. The minimum atomic E-state index is -4.36. The van der Waals surface area contributed by atoms with Gasteiger partial charge in [-0.05, 0) is 18.6 Å². The third kappa shape index (κ3) is 4.08. The second-order valence-electron chi connectivity index (χ2n) is 5.31. The molecule has 2 rings (SSSR count). The molecule has 0 fully saturated rings. The molecule has 5 heteroatoms. The monoisotopic (exact) mass is 310 g/mol. The Labute approximate surface area is 127 Å². The van der Waals surface area contributed by atoms with Crippen LogP contribution in [0.1, 0.15) is 29.7 Å². The smallest absolute Gasteiger partial charge is 0.382 e. The van der Waals surface area contributed by atoms with Crippen LogP contribution in [0.2, 0.25) is 0 Å². The molecular formula is C17H19F3NO+. The molecule has 0 bridgehead atoms. The first-order valence-corrected chi connectivity index (χ1v) is 7.11. The Bertz CT molecular complexity index is 598. The van der Waals surface area contributed by atoms with Crippen molar-refractivity contribution in [2.75, 3.05) is 0 Å². The first-order chi connectivity index (χ1) is 10.4. The number of alkyl halides is 3. The Morgan fingerprint density at radius 3 is 2.23 bits per heavy atom. The second-order valence-corrected chi connectivity index (χ2v) is 5.31. The number of hydrogen-bond acceptors (Lipinski definition) is 1. The average Bonchev–Trinajstić information content (AvgIpc) is 2.52. The van der Waals surface area contributed by atoms with Crippen LogP contribution in [0.15, 0.2) is 54.6 Å². The van der Waals surface area contributed by atoms with Crippen molar-refractivity contribution in [1.82, 2.24) is 0 Å². The molecule has 0 amide bonds. The van der Waals surface area contributed by atoms with E-state index in [1.807, 2.05) is 18.2 Å². The van der Waals surface area contributed by atoms with Crippen molar-refractivity contribution < 1.29 is 23.6 Å². The minimum absolute atomic E-state index is 0.167. The van der Waals surface area contributed by atoms with Crippen molar-refractivity contribution >= 4 is 0 Å². The van der Waals surface area contributed by atoms with Gasteiger partial charge in [-0.25, -0.2) is 0 Å². The molecule has 0 spiro atoms. The van der Waals surface area contributed by atoms with Gasteiger partial charge in [0.1, 0.15) is 18.7 Å². The molecule has 2 atom stereocenters. The van der Waals surface area contributed by atoms with Gasteiger partial charge in [-0.1, -0.05) is 48.5 Å². The lowest BCUT2D eigenvalue weighted by molar-refractivity contribution is -0.709.